The van der Waals surface area contributed by atoms with Crippen LogP contribution in [0.5, 0.6) is 11.5 Å². The van der Waals surface area contributed by atoms with Crippen molar-refractivity contribution >= 4 is 23.3 Å². The van der Waals surface area contributed by atoms with Crippen LogP contribution in [0.25, 0.3) is 23.3 Å². The lowest BCUT2D eigenvalue weighted by atomic mass is 9.98. The van der Waals surface area contributed by atoms with E-state index in [0.717, 1.165) is 76.4 Å². The molecule has 0 radical (unpaired) electrons. The van der Waals surface area contributed by atoms with Crippen molar-refractivity contribution in [3.05, 3.63) is 95.1 Å². The fourth-order valence-corrected chi connectivity index (χ4v) is 5.40. The van der Waals surface area contributed by atoms with Gasteiger partial charge in [0.25, 0.3) is 0 Å². The van der Waals surface area contributed by atoms with Gasteiger partial charge in [0.2, 0.25) is 0 Å². The van der Waals surface area contributed by atoms with Crippen LogP contribution in [0.3, 0.4) is 0 Å². The minimum atomic E-state index is -4.70. The average Bonchev–Trinajstić information content (AvgIpc) is 3.05. The lowest BCUT2D eigenvalue weighted by Crippen LogP contribution is -2.12. The molecule has 48 heavy (non-hydrogen) atoms. The van der Waals surface area contributed by atoms with Crippen molar-refractivity contribution in [3.63, 3.8) is 0 Å². The molecule has 3 rings (SSSR count). The molecule has 0 aromatic heterocycles. The van der Waals surface area contributed by atoms with E-state index in [9.17, 15) is 26.3 Å². The van der Waals surface area contributed by atoms with E-state index < -0.39 is 23.5 Å². The second kappa shape index (κ2) is 20.0. The van der Waals surface area contributed by atoms with E-state index in [4.69, 9.17) is 9.47 Å². The van der Waals surface area contributed by atoms with E-state index in [0.29, 0.717) is 12.8 Å². The van der Waals surface area contributed by atoms with E-state index in [1.807, 2.05) is 0 Å². The van der Waals surface area contributed by atoms with Crippen LogP contribution in [-0.2, 0) is 0 Å². The molecule has 262 valence electrons. The molecular formula is C40H48F6O2. The highest BCUT2D eigenvalue weighted by molar-refractivity contribution is 5.89. The minimum Gasteiger partial charge on any atom is -0.493 e. The van der Waals surface area contributed by atoms with Gasteiger partial charge in [0.05, 0.1) is 24.4 Å². The summed E-state index contributed by atoms with van der Waals surface area (Å²) in [6.45, 7) is 4.67. The van der Waals surface area contributed by atoms with E-state index in [1.54, 1.807) is 12.1 Å². The molecule has 0 aliphatic carbocycles. The van der Waals surface area contributed by atoms with Gasteiger partial charge in [0.1, 0.15) is 11.5 Å². The van der Waals surface area contributed by atoms with Gasteiger partial charge in [0, 0.05) is 11.1 Å². The van der Waals surface area contributed by atoms with Crippen LogP contribution in [-0.4, -0.2) is 25.6 Å². The summed E-state index contributed by atoms with van der Waals surface area (Å²) in [5.74, 6) is 0.128. The molecule has 0 fully saturated rings. The molecule has 0 unspecified atom stereocenters. The van der Waals surface area contributed by atoms with Crippen molar-refractivity contribution in [1.29, 1.82) is 0 Å². The zero-order valence-electron chi connectivity index (χ0n) is 28.1. The van der Waals surface area contributed by atoms with Gasteiger partial charge >= 0.3 is 12.4 Å². The summed E-state index contributed by atoms with van der Waals surface area (Å²) in [5, 5.41) is 0. The number of hydrogen-bond acceptors (Lipinski definition) is 2. The van der Waals surface area contributed by atoms with Crippen molar-refractivity contribution in [2.24, 2.45) is 0 Å². The zero-order valence-corrected chi connectivity index (χ0v) is 28.1. The summed E-state index contributed by atoms with van der Waals surface area (Å²) < 4.78 is 98.8. The van der Waals surface area contributed by atoms with Crippen molar-refractivity contribution in [3.8, 4) is 11.5 Å². The van der Waals surface area contributed by atoms with E-state index >= 15 is 0 Å². The van der Waals surface area contributed by atoms with Gasteiger partial charge in [-0.25, -0.2) is 0 Å². The Kier molecular flexibility index (Phi) is 16.1. The van der Waals surface area contributed by atoms with Gasteiger partial charge in [-0.05, 0) is 48.3 Å². The number of unbranched alkanes of at least 4 members (excludes halogenated alkanes) is 10. The number of rotatable bonds is 20. The Morgan fingerprint density at radius 3 is 1.17 bits per heavy atom. The first-order valence-corrected chi connectivity index (χ1v) is 17.2. The van der Waals surface area contributed by atoms with Crippen LogP contribution in [0, 0.1) is 0 Å². The second-order valence-corrected chi connectivity index (χ2v) is 12.0. The number of halogens is 6. The molecule has 0 bridgehead atoms. The van der Waals surface area contributed by atoms with Gasteiger partial charge < -0.3 is 9.47 Å². The third kappa shape index (κ3) is 13.1. The Morgan fingerprint density at radius 1 is 0.500 bits per heavy atom. The molecule has 0 spiro atoms. The van der Waals surface area contributed by atoms with Gasteiger partial charge in [-0.2, -0.15) is 26.3 Å². The third-order valence-electron chi connectivity index (χ3n) is 8.03. The monoisotopic (exact) mass is 674 g/mol. The normalized spacial score (nSPS) is 12.8. The number of allylic oxidation sites excluding steroid dienone is 2. The topological polar surface area (TPSA) is 18.5 Å². The SMILES string of the molecule is CCCCCCCCOc1cc(/C=C(\c2ccccc2)C(F)(F)F)c(OCCCCCCCC)cc1/C=C(\c1ccccc1)C(F)(F)F. The highest BCUT2D eigenvalue weighted by atomic mass is 19.4. The van der Waals surface area contributed by atoms with Crippen LogP contribution < -0.4 is 9.47 Å². The number of hydrogen-bond donors (Lipinski definition) is 0. The van der Waals surface area contributed by atoms with Crippen molar-refractivity contribution < 1.29 is 35.8 Å². The Hall–Kier alpha value is -3.68. The van der Waals surface area contributed by atoms with Crippen molar-refractivity contribution in [1.82, 2.24) is 0 Å². The van der Waals surface area contributed by atoms with E-state index in [-0.39, 0.29) is 47.0 Å². The Labute approximate surface area is 281 Å². The Morgan fingerprint density at radius 2 is 0.833 bits per heavy atom. The molecule has 0 amide bonds. The van der Waals surface area contributed by atoms with Crippen molar-refractivity contribution in [2.75, 3.05) is 13.2 Å². The average molecular weight is 675 g/mol. The maximum Gasteiger partial charge on any atom is 0.417 e. The molecule has 3 aromatic carbocycles. The van der Waals surface area contributed by atoms with Gasteiger partial charge in [-0.15, -0.1) is 0 Å². The third-order valence-corrected chi connectivity index (χ3v) is 8.03. The lowest BCUT2D eigenvalue weighted by Gasteiger charge is -2.19. The molecular weight excluding hydrogens is 626 g/mol. The van der Waals surface area contributed by atoms with E-state index in [2.05, 4.69) is 13.8 Å². The predicted octanol–water partition coefficient (Wildman–Crippen LogP) is 13.4. The standard InChI is InChI=1S/C40H48F6O2/c1-3-5-7-9-11-19-25-47-37-29-34(28-36(40(44,45)46)32-23-17-14-18-24-32)38(48-26-20-12-10-8-6-4-2)30-33(37)27-35(39(41,42)43)31-21-15-13-16-22-31/h13-18,21-24,27-30H,3-12,19-20,25-26H2,1-2H3/b35-27+,36-28+. The van der Waals surface area contributed by atoms with Crippen LogP contribution in [0.4, 0.5) is 26.3 Å². The predicted molar refractivity (Wildman–Crippen MR) is 185 cm³/mol. The smallest absolute Gasteiger partial charge is 0.417 e. The maximum absolute atomic E-state index is 14.4. The summed E-state index contributed by atoms with van der Waals surface area (Å²) in [6, 6.07) is 17.6. The largest absolute Gasteiger partial charge is 0.493 e. The summed E-state index contributed by atoms with van der Waals surface area (Å²) in [4.78, 5) is 0. The lowest BCUT2D eigenvalue weighted by molar-refractivity contribution is -0.0692. The second-order valence-electron chi connectivity index (χ2n) is 12.0. The summed E-state index contributed by atoms with van der Waals surface area (Å²) in [5.41, 5.74) is -1.68. The Bertz CT molecular complexity index is 1300. The van der Waals surface area contributed by atoms with Crippen LogP contribution in [0.15, 0.2) is 72.8 Å². The highest BCUT2D eigenvalue weighted by Gasteiger charge is 2.36. The molecule has 0 heterocycles. The fraction of sp³-hybridized carbons (Fsp3) is 0.450. The first-order chi connectivity index (χ1) is 23.0. The summed E-state index contributed by atoms with van der Waals surface area (Å²) in [7, 11) is 0. The number of benzene rings is 3. The molecule has 0 saturated carbocycles. The minimum absolute atomic E-state index is 0.0335. The van der Waals surface area contributed by atoms with Gasteiger partial charge in [-0.3, -0.25) is 0 Å². The zero-order chi connectivity index (χ0) is 34.8. The number of alkyl halides is 6. The molecule has 3 aromatic rings. The van der Waals surface area contributed by atoms with Gasteiger partial charge in [-0.1, -0.05) is 139 Å². The first-order valence-electron chi connectivity index (χ1n) is 17.2. The van der Waals surface area contributed by atoms with Crippen LogP contribution in [0.1, 0.15) is 113 Å². The quantitative estimate of drug-likeness (QED) is 0.0675. The molecule has 0 aliphatic heterocycles. The van der Waals surface area contributed by atoms with Crippen LogP contribution in [0.2, 0.25) is 0 Å². The van der Waals surface area contributed by atoms with Gasteiger partial charge in [0.15, 0.2) is 0 Å². The summed E-state index contributed by atoms with van der Waals surface area (Å²) in [6.07, 6.45) is 4.27. The van der Waals surface area contributed by atoms with E-state index in [1.165, 1.54) is 60.7 Å². The molecule has 0 atom stereocenters. The molecule has 0 N–H and O–H groups in total. The highest BCUT2D eigenvalue weighted by Crippen LogP contribution is 2.41. The van der Waals surface area contributed by atoms with Crippen LogP contribution >= 0.6 is 0 Å². The number of ether oxygens (including phenoxy) is 2. The molecule has 0 saturated heterocycles. The maximum atomic E-state index is 14.4. The molecule has 2 nitrogen and oxygen atoms in total. The molecule has 0 aliphatic rings. The molecule has 8 heteroatoms. The Balaban J connectivity index is 2.12. The first kappa shape index (κ1) is 38.8. The fourth-order valence-electron chi connectivity index (χ4n) is 5.40. The summed E-state index contributed by atoms with van der Waals surface area (Å²) >= 11 is 0. The van der Waals surface area contributed by atoms with Crippen molar-refractivity contribution in [2.45, 2.75) is 103 Å².